The van der Waals surface area contributed by atoms with E-state index in [4.69, 9.17) is 0 Å². The van der Waals surface area contributed by atoms with E-state index in [1.165, 1.54) is 18.3 Å². The van der Waals surface area contributed by atoms with Crippen molar-refractivity contribution < 1.29 is 9.18 Å². The van der Waals surface area contributed by atoms with E-state index in [1.807, 2.05) is 30.3 Å². The average molecular weight is 514 g/mol. The Kier molecular flexibility index (Phi) is 11.7. The van der Waals surface area contributed by atoms with Crippen LogP contribution in [0.3, 0.4) is 0 Å². The quantitative estimate of drug-likeness (QED) is 0.309. The van der Waals surface area contributed by atoms with Gasteiger partial charge in [0.15, 0.2) is 0 Å². The van der Waals surface area contributed by atoms with Crippen molar-refractivity contribution in [1.82, 2.24) is 30.6 Å². The third kappa shape index (κ3) is 7.64. The minimum absolute atomic E-state index is 0. The number of fused-ring (bicyclic) bond motifs is 1. The highest BCUT2D eigenvalue weighted by Gasteiger charge is 2.10. The molecule has 4 aromatic rings. The maximum Gasteiger partial charge on any atom is 0.270 e. The molecule has 0 fully saturated rings. The third-order valence-electron chi connectivity index (χ3n) is 4.58. The molecule has 0 aliphatic heterocycles. The van der Waals surface area contributed by atoms with E-state index in [9.17, 15) is 9.18 Å². The van der Waals surface area contributed by atoms with Gasteiger partial charge in [0.1, 0.15) is 17.3 Å². The number of para-hydroxylation sites is 2. The van der Waals surface area contributed by atoms with Gasteiger partial charge in [0.2, 0.25) is 0 Å². The molecule has 0 aliphatic carbocycles. The smallest absolute Gasteiger partial charge is 0.270 e. The van der Waals surface area contributed by atoms with Crippen LogP contribution in [-0.4, -0.2) is 32.4 Å². The summed E-state index contributed by atoms with van der Waals surface area (Å²) in [5.74, 6) is 0.0613. The van der Waals surface area contributed by atoms with Crippen molar-refractivity contribution in [3.63, 3.8) is 0 Å². The summed E-state index contributed by atoms with van der Waals surface area (Å²) in [4.78, 5) is 28.5. The number of carbonyl (C=O) groups is 1. The summed E-state index contributed by atoms with van der Waals surface area (Å²) in [7, 11) is 0. The predicted octanol–water partition coefficient (Wildman–Crippen LogP) is 4.02. The van der Waals surface area contributed by atoms with Gasteiger partial charge < -0.3 is 15.6 Å². The number of nitrogens with zero attached hydrogens (tertiary/aromatic N) is 3. The van der Waals surface area contributed by atoms with Crippen molar-refractivity contribution in [2.45, 2.75) is 19.5 Å². The Labute approximate surface area is 209 Å². The average Bonchev–Trinajstić information content (AvgIpc) is 3.19. The predicted molar refractivity (Wildman–Crippen MR) is 133 cm³/mol. The Bertz CT molecular complexity index is 1140. The van der Waals surface area contributed by atoms with Crippen LogP contribution in [0.5, 0.6) is 0 Å². The first-order valence-corrected chi connectivity index (χ1v) is 9.67. The molecule has 3 N–H and O–H groups in total. The number of benzene rings is 1. The van der Waals surface area contributed by atoms with Gasteiger partial charge in [-0.05, 0) is 36.4 Å². The highest BCUT2D eigenvalue weighted by molar-refractivity contribution is 5.92. The fraction of sp³-hybridized carbons (Fsp3) is 0.182. The normalized spacial score (nSPS) is 9.97. The molecule has 33 heavy (non-hydrogen) atoms. The number of hydrogen-bond donors (Lipinski definition) is 3. The number of aromatic nitrogens is 4. The molecule has 1 aromatic carbocycles. The molecule has 0 unspecified atom stereocenters. The first-order chi connectivity index (χ1) is 14.7. The van der Waals surface area contributed by atoms with E-state index >= 15 is 0 Å². The maximum absolute atomic E-state index is 13.6. The lowest BCUT2D eigenvalue weighted by Crippen LogP contribution is -2.25. The molecule has 3 heterocycles. The number of nitrogens with one attached hydrogen (secondary N) is 3. The van der Waals surface area contributed by atoms with Crippen molar-refractivity contribution >= 4 is 54.2 Å². The molecule has 0 aliphatic rings. The Morgan fingerprint density at radius 1 is 0.939 bits per heavy atom. The first kappa shape index (κ1) is 28.3. The summed E-state index contributed by atoms with van der Waals surface area (Å²) in [5.41, 5.74) is 3.24. The monoisotopic (exact) mass is 512 g/mol. The minimum atomic E-state index is -0.449. The van der Waals surface area contributed by atoms with Crippen molar-refractivity contribution in [3.05, 3.63) is 89.5 Å². The second-order valence-corrected chi connectivity index (χ2v) is 6.76. The van der Waals surface area contributed by atoms with E-state index in [1.54, 1.807) is 12.1 Å². The Hall–Kier alpha value is -2.78. The summed E-state index contributed by atoms with van der Waals surface area (Å²) < 4.78 is 13.6. The number of rotatable bonds is 8. The lowest BCUT2D eigenvalue weighted by atomic mass is 10.2. The zero-order valence-electron chi connectivity index (χ0n) is 17.5. The SMILES string of the molecule is Cl.Cl.Cl.O=C(NCc1ncccc1F)c1cccc(CCNCc2nc3ccccc3[nH]2)n1. The molecule has 0 bridgehead atoms. The van der Waals surface area contributed by atoms with E-state index in [0.29, 0.717) is 25.2 Å². The van der Waals surface area contributed by atoms with Gasteiger partial charge >= 0.3 is 0 Å². The second-order valence-electron chi connectivity index (χ2n) is 6.76. The summed E-state index contributed by atoms with van der Waals surface area (Å²) in [6, 6.07) is 16.0. The second kappa shape index (κ2) is 13.7. The van der Waals surface area contributed by atoms with Crippen molar-refractivity contribution in [2.24, 2.45) is 0 Å². The molecule has 3 aromatic heterocycles. The van der Waals surface area contributed by atoms with Crippen LogP contribution in [-0.2, 0) is 19.5 Å². The molecule has 0 radical (unpaired) electrons. The number of H-pyrrole nitrogens is 1. The van der Waals surface area contributed by atoms with Crippen molar-refractivity contribution in [1.29, 1.82) is 0 Å². The molecular weight excluding hydrogens is 490 g/mol. The van der Waals surface area contributed by atoms with Crippen LogP contribution in [0.25, 0.3) is 11.0 Å². The highest BCUT2D eigenvalue weighted by atomic mass is 35.5. The first-order valence-electron chi connectivity index (χ1n) is 9.67. The number of hydrogen-bond acceptors (Lipinski definition) is 5. The largest absolute Gasteiger partial charge is 0.345 e. The summed E-state index contributed by atoms with van der Waals surface area (Å²) >= 11 is 0. The van der Waals surface area contributed by atoms with Gasteiger partial charge in [-0.2, -0.15) is 0 Å². The Morgan fingerprint density at radius 2 is 1.76 bits per heavy atom. The number of amides is 1. The van der Waals surface area contributed by atoms with Crippen LogP contribution in [0, 0.1) is 5.82 Å². The number of imidazole rings is 1. The summed E-state index contributed by atoms with van der Waals surface area (Å²) in [5, 5.41) is 5.98. The molecule has 176 valence electrons. The van der Waals surface area contributed by atoms with E-state index in [-0.39, 0.29) is 55.4 Å². The van der Waals surface area contributed by atoms with Crippen LogP contribution < -0.4 is 10.6 Å². The fourth-order valence-corrected chi connectivity index (χ4v) is 3.06. The Morgan fingerprint density at radius 3 is 2.55 bits per heavy atom. The van der Waals surface area contributed by atoms with Crippen LogP contribution in [0.15, 0.2) is 60.8 Å². The zero-order chi connectivity index (χ0) is 20.8. The van der Waals surface area contributed by atoms with Gasteiger partial charge in [0.25, 0.3) is 5.91 Å². The van der Waals surface area contributed by atoms with Crippen molar-refractivity contribution in [3.8, 4) is 0 Å². The van der Waals surface area contributed by atoms with Crippen LogP contribution in [0.4, 0.5) is 4.39 Å². The molecule has 11 heteroatoms. The number of carbonyl (C=O) groups excluding carboxylic acids is 1. The lowest BCUT2D eigenvalue weighted by Gasteiger charge is -2.07. The molecule has 7 nitrogen and oxygen atoms in total. The van der Waals surface area contributed by atoms with Gasteiger partial charge in [-0.25, -0.2) is 14.4 Å². The number of halogens is 4. The van der Waals surface area contributed by atoms with E-state index in [2.05, 4.69) is 30.6 Å². The molecule has 0 spiro atoms. The minimum Gasteiger partial charge on any atom is -0.345 e. The molecule has 0 saturated carbocycles. The number of pyridine rings is 2. The summed E-state index contributed by atoms with van der Waals surface area (Å²) in [6.07, 6.45) is 2.15. The van der Waals surface area contributed by atoms with Crippen molar-refractivity contribution in [2.75, 3.05) is 6.54 Å². The maximum atomic E-state index is 13.6. The molecule has 0 saturated heterocycles. The van der Waals surface area contributed by atoms with Crippen LogP contribution in [0.1, 0.15) is 27.7 Å². The van der Waals surface area contributed by atoms with E-state index in [0.717, 1.165) is 22.6 Å². The van der Waals surface area contributed by atoms with Gasteiger partial charge in [0.05, 0.1) is 29.8 Å². The zero-order valence-corrected chi connectivity index (χ0v) is 19.9. The Balaban J connectivity index is 0.00000181. The van der Waals surface area contributed by atoms with Crippen LogP contribution in [0.2, 0.25) is 0 Å². The molecule has 0 atom stereocenters. The van der Waals surface area contributed by atoms with Gasteiger partial charge in [-0.3, -0.25) is 9.78 Å². The fourth-order valence-electron chi connectivity index (χ4n) is 3.06. The third-order valence-corrected chi connectivity index (χ3v) is 4.58. The molecule has 1 amide bonds. The molecule has 4 rings (SSSR count). The standard InChI is InChI=1S/C22H21FN6O.3ClH/c23-16-6-4-11-25-20(16)13-26-22(30)19-9-3-5-15(27-19)10-12-24-14-21-28-17-7-1-2-8-18(17)29-21;;;/h1-9,11,24H,10,12-14H2,(H,26,30)(H,28,29);3*1H. The lowest BCUT2D eigenvalue weighted by molar-refractivity contribution is 0.0945. The van der Waals surface area contributed by atoms with Gasteiger partial charge in [0, 0.05) is 24.9 Å². The molecular formula is C22H24Cl3FN6O. The van der Waals surface area contributed by atoms with Gasteiger partial charge in [-0.1, -0.05) is 18.2 Å². The highest BCUT2D eigenvalue weighted by Crippen LogP contribution is 2.10. The number of aromatic amines is 1. The van der Waals surface area contributed by atoms with Crippen LogP contribution >= 0.6 is 37.2 Å². The van der Waals surface area contributed by atoms with Gasteiger partial charge in [-0.15, -0.1) is 37.2 Å². The van der Waals surface area contributed by atoms with E-state index < -0.39 is 5.82 Å². The summed E-state index contributed by atoms with van der Waals surface area (Å²) in [6.45, 7) is 1.31. The topological polar surface area (TPSA) is 95.6 Å².